The van der Waals surface area contributed by atoms with Crippen molar-refractivity contribution in [3.8, 4) is 5.75 Å². The Morgan fingerprint density at radius 3 is 2.83 bits per heavy atom. The van der Waals surface area contributed by atoms with E-state index in [0.29, 0.717) is 0 Å². The minimum Gasteiger partial charge on any atom is -0.492 e. The van der Waals surface area contributed by atoms with Gasteiger partial charge in [0, 0.05) is 32.2 Å². The van der Waals surface area contributed by atoms with Crippen LogP contribution in [0.1, 0.15) is 13.3 Å². The van der Waals surface area contributed by atoms with Gasteiger partial charge in [-0.25, -0.2) is 0 Å². The van der Waals surface area contributed by atoms with Crippen LogP contribution in [0, 0.1) is 11.8 Å². The first-order valence-corrected chi connectivity index (χ1v) is 6.90. The average molecular weight is 247 g/mol. The van der Waals surface area contributed by atoms with Crippen molar-refractivity contribution in [1.82, 2.24) is 10.3 Å². The van der Waals surface area contributed by atoms with E-state index in [2.05, 4.69) is 28.2 Å². The van der Waals surface area contributed by atoms with E-state index >= 15 is 0 Å². The van der Waals surface area contributed by atoms with E-state index in [1.165, 1.54) is 18.8 Å². The zero-order valence-electron chi connectivity index (χ0n) is 10.9. The third-order valence-electron chi connectivity index (χ3n) is 3.93. The number of rotatable bonds is 4. The summed E-state index contributed by atoms with van der Waals surface area (Å²) in [5.41, 5.74) is 1.21. The Bertz CT molecular complexity index is 398. The molecule has 4 nitrogen and oxygen atoms in total. The second-order valence-corrected chi connectivity index (χ2v) is 5.31. The highest BCUT2D eigenvalue weighted by Crippen LogP contribution is 2.31. The van der Waals surface area contributed by atoms with Crippen LogP contribution in [0.25, 0.3) is 0 Å². The van der Waals surface area contributed by atoms with Gasteiger partial charge in [-0.3, -0.25) is 4.98 Å². The Hall–Kier alpha value is -1.29. The normalized spacial score (nSPS) is 26.4. The molecule has 18 heavy (non-hydrogen) atoms. The fourth-order valence-corrected chi connectivity index (χ4v) is 2.95. The molecule has 0 radical (unpaired) electrons. The highest BCUT2D eigenvalue weighted by molar-refractivity contribution is 5.49. The molecule has 1 N–H and O–H groups in total. The van der Waals surface area contributed by atoms with E-state index in [0.717, 1.165) is 43.7 Å². The van der Waals surface area contributed by atoms with Gasteiger partial charge in [0.1, 0.15) is 5.75 Å². The number of fused-ring (bicyclic) bond motifs is 1. The first kappa shape index (κ1) is 11.8. The molecule has 0 saturated carbocycles. The maximum Gasteiger partial charge on any atom is 0.139 e. The van der Waals surface area contributed by atoms with E-state index in [9.17, 15) is 0 Å². The topological polar surface area (TPSA) is 37.4 Å². The van der Waals surface area contributed by atoms with E-state index in [1.54, 1.807) is 6.20 Å². The van der Waals surface area contributed by atoms with Crippen LogP contribution < -0.4 is 15.0 Å². The van der Waals surface area contributed by atoms with Crippen LogP contribution in [0.3, 0.4) is 0 Å². The van der Waals surface area contributed by atoms with Crippen LogP contribution >= 0.6 is 0 Å². The van der Waals surface area contributed by atoms with Gasteiger partial charge < -0.3 is 15.0 Å². The third-order valence-corrected chi connectivity index (χ3v) is 3.93. The van der Waals surface area contributed by atoms with Crippen LogP contribution in [0.4, 0.5) is 5.69 Å². The van der Waals surface area contributed by atoms with E-state index in [4.69, 9.17) is 4.74 Å². The van der Waals surface area contributed by atoms with Crippen molar-refractivity contribution in [2.24, 2.45) is 11.8 Å². The molecule has 2 fully saturated rings. The van der Waals surface area contributed by atoms with Gasteiger partial charge in [0.15, 0.2) is 0 Å². The Balaban J connectivity index is 1.69. The fraction of sp³-hybridized carbons (Fsp3) is 0.643. The summed E-state index contributed by atoms with van der Waals surface area (Å²) in [6.45, 7) is 7.51. The van der Waals surface area contributed by atoms with Crippen molar-refractivity contribution in [2.75, 3.05) is 37.7 Å². The SMILES string of the molecule is CCCOc1cncc(N2C[C@H]3CNC[C@H]3C2)c1. The number of aromatic nitrogens is 1. The Labute approximate surface area is 108 Å². The summed E-state index contributed by atoms with van der Waals surface area (Å²) in [6, 6.07) is 2.12. The van der Waals surface area contributed by atoms with E-state index < -0.39 is 0 Å². The molecular weight excluding hydrogens is 226 g/mol. The number of anilines is 1. The molecule has 1 aromatic rings. The maximum atomic E-state index is 5.65. The molecule has 0 aliphatic carbocycles. The Morgan fingerprint density at radius 1 is 1.33 bits per heavy atom. The minimum atomic E-state index is 0.764. The molecule has 2 aliphatic rings. The van der Waals surface area contributed by atoms with E-state index in [-0.39, 0.29) is 0 Å². The van der Waals surface area contributed by atoms with Gasteiger partial charge in [-0.1, -0.05) is 6.92 Å². The number of pyridine rings is 1. The van der Waals surface area contributed by atoms with Gasteiger partial charge in [0.25, 0.3) is 0 Å². The van der Waals surface area contributed by atoms with Crippen LogP contribution in [0.5, 0.6) is 5.75 Å². The molecule has 0 aromatic carbocycles. The molecule has 2 atom stereocenters. The molecule has 1 aromatic heterocycles. The lowest BCUT2D eigenvalue weighted by atomic mass is 10.0. The molecule has 3 heterocycles. The molecule has 0 unspecified atom stereocenters. The summed E-state index contributed by atoms with van der Waals surface area (Å²) in [5, 5.41) is 3.47. The summed E-state index contributed by atoms with van der Waals surface area (Å²) in [4.78, 5) is 6.74. The van der Waals surface area contributed by atoms with E-state index in [1.807, 2.05) is 6.20 Å². The lowest BCUT2D eigenvalue weighted by molar-refractivity contribution is 0.316. The van der Waals surface area contributed by atoms with Crippen molar-refractivity contribution >= 4 is 5.69 Å². The van der Waals surface area contributed by atoms with Gasteiger partial charge in [0.05, 0.1) is 24.7 Å². The number of nitrogens with zero attached hydrogens (tertiary/aromatic N) is 2. The summed E-state index contributed by atoms with van der Waals surface area (Å²) >= 11 is 0. The highest BCUT2D eigenvalue weighted by Gasteiger charge is 2.36. The maximum absolute atomic E-state index is 5.65. The second-order valence-electron chi connectivity index (χ2n) is 5.31. The smallest absolute Gasteiger partial charge is 0.139 e. The molecule has 4 heteroatoms. The Kier molecular flexibility index (Phi) is 3.37. The Morgan fingerprint density at radius 2 is 2.11 bits per heavy atom. The summed E-state index contributed by atoms with van der Waals surface area (Å²) in [7, 11) is 0. The predicted octanol–water partition coefficient (Wildman–Crippen LogP) is 1.53. The number of hydrogen-bond acceptors (Lipinski definition) is 4. The number of nitrogens with one attached hydrogen (secondary N) is 1. The largest absolute Gasteiger partial charge is 0.492 e. The molecule has 0 bridgehead atoms. The van der Waals surface area contributed by atoms with Crippen molar-refractivity contribution in [2.45, 2.75) is 13.3 Å². The van der Waals surface area contributed by atoms with Crippen LogP contribution in [0.2, 0.25) is 0 Å². The molecule has 2 aliphatic heterocycles. The predicted molar refractivity (Wildman–Crippen MR) is 72.1 cm³/mol. The zero-order valence-corrected chi connectivity index (χ0v) is 10.9. The zero-order chi connectivity index (χ0) is 12.4. The monoisotopic (exact) mass is 247 g/mol. The first-order chi connectivity index (χ1) is 8.86. The van der Waals surface area contributed by atoms with Crippen molar-refractivity contribution < 1.29 is 4.74 Å². The number of ether oxygens (including phenoxy) is 1. The summed E-state index contributed by atoms with van der Waals surface area (Å²) in [6.07, 6.45) is 4.79. The van der Waals surface area contributed by atoms with Crippen LogP contribution in [-0.2, 0) is 0 Å². The lowest BCUT2D eigenvalue weighted by Crippen LogP contribution is -2.25. The highest BCUT2D eigenvalue weighted by atomic mass is 16.5. The number of hydrogen-bond donors (Lipinski definition) is 1. The van der Waals surface area contributed by atoms with Gasteiger partial charge in [-0.15, -0.1) is 0 Å². The van der Waals surface area contributed by atoms with Gasteiger partial charge >= 0.3 is 0 Å². The molecule has 0 amide bonds. The average Bonchev–Trinajstić information content (AvgIpc) is 2.97. The standard InChI is InChI=1S/C14H21N3O/c1-2-3-18-14-4-13(7-16-8-14)17-9-11-5-15-6-12(11)10-17/h4,7-8,11-12,15H,2-3,5-6,9-10H2,1H3/t11-,12+. The molecule has 3 rings (SSSR count). The van der Waals surface area contributed by atoms with Crippen LogP contribution in [0.15, 0.2) is 18.5 Å². The minimum absolute atomic E-state index is 0.764. The second kappa shape index (κ2) is 5.14. The van der Waals surface area contributed by atoms with Gasteiger partial charge in [0.2, 0.25) is 0 Å². The van der Waals surface area contributed by atoms with Crippen molar-refractivity contribution in [3.05, 3.63) is 18.5 Å². The molecule has 98 valence electrons. The molecular formula is C14H21N3O. The molecule has 0 spiro atoms. The van der Waals surface area contributed by atoms with Crippen LogP contribution in [-0.4, -0.2) is 37.8 Å². The van der Waals surface area contributed by atoms with Crippen molar-refractivity contribution in [3.63, 3.8) is 0 Å². The lowest BCUT2D eigenvalue weighted by Gasteiger charge is -2.19. The van der Waals surface area contributed by atoms with Gasteiger partial charge in [-0.2, -0.15) is 0 Å². The molecule has 2 saturated heterocycles. The summed E-state index contributed by atoms with van der Waals surface area (Å²) < 4.78 is 5.65. The fourth-order valence-electron chi connectivity index (χ4n) is 2.95. The quantitative estimate of drug-likeness (QED) is 0.875. The van der Waals surface area contributed by atoms with Crippen molar-refractivity contribution in [1.29, 1.82) is 0 Å². The third kappa shape index (κ3) is 2.29. The van der Waals surface area contributed by atoms with Gasteiger partial charge in [-0.05, 0) is 18.3 Å². The first-order valence-electron chi connectivity index (χ1n) is 6.90. The summed E-state index contributed by atoms with van der Waals surface area (Å²) in [5.74, 6) is 2.51.